The maximum Gasteiger partial charge on any atom is 0.317 e. The SMILES string of the molecule is O=C(NC1CCN(C(=O)NCc2ccncc2)CC1)c1ccccc1. The van der Waals surface area contributed by atoms with Crippen LogP contribution in [0.5, 0.6) is 0 Å². The van der Waals surface area contributed by atoms with Crippen molar-refractivity contribution < 1.29 is 9.59 Å². The number of piperidine rings is 1. The van der Waals surface area contributed by atoms with E-state index in [2.05, 4.69) is 15.6 Å². The van der Waals surface area contributed by atoms with Crippen LogP contribution in [0.3, 0.4) is 0 Å². The molecule has 0 spiro atoms. The zero-order chi connectivity index (χ0) is 17.5. The Morgan fingerprint density at radius 3 is 2.40 bits per heavy atom. The van der Waals surface area contributed by atoms with Crippen LogP contribution < -0.4 is 10.6 Å². The Morgan fingerprint density at radius 2 is 1.72 bits per heavy atom. The normalized spacial score (nSPS) is 14.8. The molecule has 1 aliphatic heterocycles. The Labute approximate surface area is 147 Å². The zero-order valence-electron chi connectivity index (χ0n) is 14.0. The smallest absolute Gasteiger partial charge is 0.317 e. The standard InChI is InChI=1S/C19H22N4O2/c24-18(16-4-2-1-3-5-16)22-17-8-12-23(13-9-17)19(25)21-14-15-6-10-20-11-7-15/h1-7,10-11,17H,8-9,12-14H2,(H,21,25)(H,22,24). The van der Waals surface area contributed by atoms with E-state index in [1.807, 2.05) is 30.3 Å². The molecule has 3 amide bonds. The number of rotatable bonds is 4. The summed E-state index contributed by atoms with van der Waals surface area (Å²) in [6, 6.07) is 13.0. The maximum absolute atomic E-state index is 12.2. The van der Waals surface area contributed by atoms with Gasteiger partial charge in [-0.3, -0.25) is 9.78 Å². The average Bonchev–Trinajstić information content (AvgIpc) is 2.68. The Hall–Kier alpha value is -2.89. The summed E-state index contributed by atoms with van der Waals surface area (Å²) >= 11 is 0. The minimum atomic E-state index is -0.0651. The van der Waals surface area contributed by atoms with Gasteiger partial charge >= 0.3 is 6.03 Å². The van der Waals surface area contributed by atoms with Crippen LogP contribution >= 0.6 is 0 Å². The number of nitrogens with zero attached hydrogens (tertiary/aromatic N) is 2. The molecule has 3 rings (SSSR count). The van der Waals surface area contributed by atoms with Crippen LogP contribution in [0.1, 0.15) is 28.8 Å². The van der Waals surface area contributed by atoms with Gasteiger partial charge in [-0.2, -0.15) is 0 Å². The molecule has 6 heteroatoms. The van der Waals surface area contributed by atoms with Crippen molar-refractivity contribution in [3.8, 4) is 0 Å². The minimum Gasteiger partial charge on any atom is -0.349 e. The van der Waals surface area contributed by atoms with Crippen molar-refractivity contribution in [3.05, 3.63) is 66.0 Å². The summed E-state index contributed by atoms with van der Waals surface area (Å²) in [5.74, 6) is -0.0545. The third-order valence-corrected chi connectivity index (χ3v) is 4.35. The molecule has 1 aromatic heterocycles. The number of benzene rings is 1. The minimum absolute atomic E-state index is 0.0545. The van der Waals surface area contributed by atoms with E-state index in [1.54, 1.807) is 29.4 Å². The Balaban J connectivity index is 1.42. The largest absolute Gasteiger partial charge is 0.349 e. The fourth-order valence-electron chi connectivity index (χ4n) is 2.88. The molecule has 6 nitrogen and oxygen atoms in total. The highest BCUT2D eigenvalue weighted by molar-refractivity contribution is 5.94. The van der Waals surface area contributed by atoms with Gasteiger partial charge in [-0.25, -0.2) is 4.79 Å². The molecule has 2 N–H and O–H groups in total. The predicted octanol–water partition coefficient (Wildman–Crippen LogP) is 2.19. The molecule has 0 aliphatic carbocycles. The van der Waals surface area contributed by atoms with E-state index in [9.17, 15) is 9.59 Å². The molecule has 130 valence electrons. The Morgan fingerprint density at radius 1 is 1.04 bits per heavy atom. The third-order valence-electron chi connectivity index (χ3n) is 4.35. The van der Waals surface area contributed by atoms with Gasteiger partial charge in [0, 0.05) is 43.6 Å². The second kappa shape index (κ2) is 8.28. The molecule has 0 atom stereocenters. The summed E-state index contributed by atoms with van der Waals surface area (Å²) in [5.41, 5.74) is 1.69. The number of carbonyl (C=O) groups is 2. The number of pyridine rings is 1. The number of amides is 3. The van der Waals surface area contributed by atoms with Gasteiger partial charge in [0.15, 0.2) is 0 Å². The molecule has 1 fully saturated rings. The van der Waals surface area contributed by atoms with Crippen molar-refractivity contribution >= 4 is 11.9 Å². The van der Waals surface area contributed by atoms with Crippen LogP contribution in [-0.4, -0.2) is 41.0 Å². The van der Waals surface area contributed by atoms with Crippen LogP contribution in [-0.2, 0) is 6.54 Å². The molecular weight excluding hydrogens is 316 g/mol. The topological polar surface area (TPSA) is 74.3 Å². The van der Waals surface area contributed by atoms with Gasteiger partial charge in [-0.15, -0.1) is 0 Å². The fraction of sp³-hybridized carbons (Fsp3) is 0.316. The van der Waals surface area contributed by atoms with E-state index >= 15 is 0 Å². The fourth-order valence-corrected chi connectivity index (χ4v) is 2.88. The van der Waals surface area contributed by atoms with Crippen LogP contribution in [0.4, 0.5) is 4.79 Å². The van der Waals surface area contributed by atoms with Gasteiger partial charge in [0.25, 0.3) is 5.91 Å². The monoisotopic (exact) mass is 338 g/mol. The number of urea groups is 1. The summed E-state index contributed by atoms with van der Waals surface area (Å²) < 4.78 is 0. The molecule has 2 heterocycles. The second-order valence-corrected chi connectivity index (χ2v) is 6.11. The first-order valence-corrected chi connectivity index (χ1v) is 8.50. The first kappa shape index (κ1) is 17.0. The van der Waals surface area contributed by atoms with Crippen LogP contribution in [0.25, 0.3) is 0 Å². The van der Waals surface area contributed by atoms with E-state index in [4.69, 9.17) is 0 Å². The first-order valence-electron chi connectivity index (χ1n) is 8.50. The Bertz CT molecular complexity index is 698. The summed E-state index contributed by atoms with van der Waals surface area (Å²) in [6.07, 6.45) is 4.95. The highest BCUT2D eigenvalue weighted by Crippen LogP contribution is 2.12. The number of hydrogen-bond acceptors (Lipinski definition) is 3. The van der Waals surface area contributed by atoms with Crippen LogP contribution in [0.2, 0.25) is 0 Å². The van der Waals surface area contributed by atoms with E-state index in [0.717, 1.165) is 18.4 Å². The summed E-state index contributed by atoms with van der Waals surface area (Å²) in [5, 5.41) is 5.97. The molecule has 0 radical (unpaired) electrons. The predicted molar refractivity (Wildman–Crippen MR) is 95.0 cm³/mol. The van der Waals surface area contributed by atoms with Gasteiger partial charge in [-0.1, -0.05) is 18.2 Å². The Kier molecular flexibility index (Phi) is 5.61. The van der Waals surface area contributed by atoms with Gasteiger partial charge in [0.05, 0.1) is 0 Å². The van der Waals surface area contributed by atoms with Crippen molar-refractivity contribution in [2.45, 2.75) is 25.4 Å². The quantitative estimate of drug-likeness (QED) is 0.897. The maximum atomic E-state index is 12.2. The summed E-state index contributed by atoms with van der Waals surface area (Å²) in [6.45, 7) is 1.77. The summed E-state index contributed by atoms with van der Waals surface area (Å²) in [4.78, 5) is 30.2. The van der Waals surface area contributed by atoms with Crippen LogP contribution in [0.15, 0.2) is 54.9 Å². The molecule has 1 aromatic carbocycles. The van der Waals surface area contributed by atoms with Crippen molar-refractivity contribution in [1.82, 2.24) is 20.5 Å². The van der Waals surface area contributed by atoms with Gasteiger partial charge in [0.1, 0.15) is 0 Å². The van der Waals surface area contributed by atoms with Gasteiger partial charge < -0.3 is 15.5 Å². The van der Waals surface area contributed by atoms with Crippen molar-refractivity contribution in [2.24, 2.45) is 0 Å². The number of carbonyl (C=O) groups excluding carboxylic acids is 2. The molecule has 2 aromatic rings. The van der Waals surface area contributed by atoms with Crippen LogP contribution in [0, 0.1) is 0 Å². The molecule has 0 bridgehead atoms. The van der Waals surface area contributed by atoms with E-state index in [0.29, 0.717) is 25.2 Å². The lowest BCUT2D eigenvalue weighted by atomic mass is 10.0. The number of nitrogens with one attached hydrogen (secondary N) is 2. The van der Waals surface area contributed by atoms with Crippen molar-refractivity contribution in [1.29, 1.82) is 0 Å². The number of aromatic nitrogens is 1. The highest BCUT2D eigenvalue weighted by Gasteiger charge is 2.23. The lowest BCUT2D eigenvalue weighted by Crippen LogP contribution is -2.49. The molecule has 1 aliphatic rings. The second-order valence-electron chi connectivity index (χ2n) is 6.11. The van der Waals surface area contributed by atoms with E-state index < -0.39 is 0 Å². The van der Waals surface area contributed by atoms with Gasteiger partial charge in [0.2, 0.25) is 0 Å². The lowest BCUT2D eigenvalue weighted by Gasteiger charge is -2.32. The molecular formula is C19H22N4O2. The number of hydrogen-bond donors (Lipinski definition) is 2. The highest BCUT2D eigenvalue weighted by atomic mass is 16.2. The zero-order valence-corrected chi connectivity index (χ0v) is 14.0. The van der Waals surface area contributed by atoms with E-state index in [-0.39, 0.29) is 18.0 Å². The van der Waals surface area contributed by atoms with E-state index in [1.165, 1.54) is 0 Å². The van der Waals surface area contributed by atoms with Crippen molar-refractivity contribution in [3.63, 3.8) is 0 Å². The average molecular weight is 338 g/mol. The third kappa shape index (κ3) is 4.79. The molecule has 0 unspecified atom stereocenters. The van der Waals surface area contributed by atoms with Gasteiger partial charge in [-0.05, 0) is 42.7 Å². The molecule has 0 saturated carbocycles. The van der Waals surface area contributed by atoms with Crippen molar-refractivity contribution in [2.75, 3.05) is 13.1 Å². The summed E-state index contributed by atoms with van der Waals surface area (Å²) in [7, 11) is 0. The number of likely N-dealkylation sites (tertiary alicyclic amines) is 1. The first-order chi connectivity index (χ1) is 12.2. The molecule has 1 saturated heterocycles. The molecule has 25 heavy (non-hydrogen) atoms. The lowest BCUT2D eigenvalue weighted by molar-refractivity contribution is 0.0918.